The van der Waals surface area contributed by atoms with Crippen LogP contribution in [0.4, 0.5) is 5.69 Å². The van der Waals surface area contributed by atoms with Gasteiger partial charge < -0.3 is 26.5 Å². The Morgan fingerprint density at radius 3 is 2.76 bits per heavy atom. The fourth-order valence-corrected chi connectivity index (χ4v) is 3.93. The lowest BCUT2D eigenvalue weighted by Gasteiger charge is -2.32. The largest absolute Gasteiger partial charge is 0.484 e. The summed E-state index contributed by atoms with van der Waals surface area (Å²) in [5.74, 6) is 0.271. The number of fused-ring (bicyclic) bond motifs is 4. The molecule has 2 aromatic carbocycles. The van der Waals surface area contributed by atoms with E-state index in [0.717, 1.165) is 22.2 Å². The van der Waals surface area contributed by atoms with Crippen LogP contribution in [0.15, 0.2) is 36.4 Å². The van der Waals surface area contributed by atoms with Crippen molar-refractivity contribution >= 4 is 28.3 Å². The van der Waals surface area contributed by atoms with Gasteiger partial charge in [0.15, 0.2) is 12.4 Å². The van der Waals surface area contributed by atoms with Crippen LogP contribution in [-0.4, -0.2) is 36.4 Å². The Balaban J connectivity index is 1.71. The minimum atomic E-state index is -0.451. The van der Waals surface area contributed by atoms with E-state index in [0.29, 0.717) is 35.7 Å². The normalized spacial score (nSPS) is 14.4. The van der Waals surface area contributed by atoms with E-state index in [1.807, 2.05) is 18.2 Å². The topological polar surface area (TPSA) is 123 Å². The Labute approximate surface area is 168 Å². The van der Waals surface area contributed by atoms with E-state index < -0.39 is 5.41 Å². The van der Waals surface area contributed by atoms with Crippen LogP contribution in [0.1, 0.15) is 41.0 Å². The van der Waals surface area contributed by atoms with Crippen molar-refractivity contribution in [3.63, 3.8) is 0 Å². The van der Waals surface area contributed by atoms with Crippen LogP contribution < -0.4 is 21.5 Å². The van der Waals surface area contributed by atoms with E-state index in [4.69, 9.17) is 16.2 Å². The number of aromatic amines is 1. The van der Waals surface area contributed by atoms with E-state index in [1.54, 1.807) is 18.2 Å². The molecular formula is C22H24N4O3. The molecular weight excluding hydrogens is 368 g/mol. The lowest BCUT2D eigenvalue weighted by atomic mass is 9.71. The first-order valence-corrected chi connectivity index (χ1v) is 9.53. The molecule has 6 N–H and O–H groups in total. The van der Waals surface area contributed by atoms with E-state index in [9.17, 15) is 9.59 Å². The number of hydrogen-bond acceptors (Lipinski definition) is 5. The molecule has 1 aliphatic carbocycles. The van der Waals surface area contributed by atoms with Crippen molar-refractivity contribution in [2.45, 2.75) is 19.3 Å². The van der Waals surface area contributed by atoms with E-state index in [1.165, 1.54) is 0 Å². The molecule has 29 heavy (non-hydrogen) atoms. The molecule has 0 bridgehead atoms. The monoisotopic (exact) mass is 392 g/mol. The molecule has 4 rings (SSSR count). The molecule has 150 valence electrons. The highest BCUT2D eigenvalue weighted by molar-refractivity contribution is 6.20. The van der Waals surface area contributed by atoms with Crippen molar-refractivity contribution in [1.29, 1.82) is 0 Å². The summed E-state index contributed by atoms with van der Waals surface area (Å²) in [6.07, 6.45) is 0. The van der Waals surface area contributed by atoms with Gasteiger partial charge in [0.1, 0.15) is 5.75 Å². The number of carbonyl (C=O) groups is 2. The number of hydrogen-bond donors (Lipinski definition) is 4. The number of amides is 1. The highest BCUT2D eigenvalue weighted by Crippen LogP contribution is 2.44. The molecule has 3 aromatic rings. The summed E-state index contributed by atoms with van der Waals surface area (Å²) < 4.78 is 5.63. The van der Waals surface area contributed by atoms with Crippen LogP contribution >= 0.6 is 0 Å². The fraction of sp³-hybridized carbons (Fsp3) is 0.273. The number of nitrogens with two attached hydrogens (primary N) is 2. The molecule has 1 heterocycles. The fourth-order valence-electron chi connectivity index (χ4n) is 3.93. The van der Waals surface area contributed by atoms with Gasteiger partial charge in [-0.25, -0.2) is 0 Å². The van der Waals surface area contributed by atoms with Gasteiger partial charge in [-0.2, -0.15) is 0 Å². The minimum absolute atomic E-state index is 0.0300. The average molecular weight is 392 g/mol. The van der Waals surface area contributed by atoms with Crippen molar-refractivity contribution in [3.8, 4) is 5.75 Å². The van der Waals surface area contributed by atoms with Gasteiger partial charge in [0.05, 0.1) is 5.56 Å². The summed E-state index contributed by atoms with van der Waals surface area (Å²) in [5, 5.41) is 3.53. The molecule has 0 atom stereocenters. The van der Waals surface area contributed by atoms with Gasteiger partial charge in [0.2, 0.25) is 0 Å². The number of rotatable bonds is 5. The number of nitrogens with one attached hydrogen (secondary N) is 2. The Kier molecular flexibility index (Phi) is 4.55. The minimum Gasteiger partial charge on any atom is -0.484 e. The summed E-state index contributed by atoms with van der Waals surface area (Å²) in [6.45, 7) is 4.80. The zero-order chi connectivity index (χ0) is 20.8. The van der Waals surface area contributed by atoms with Crippen molar-refractivity contribution in [2.75, 3.05) is 25.4 Å². The molecule has 1 amide bonds. The van der Waals surface area contributed by atoms with Crippen LogP contribution in [0.5, 0.6) is 5.75 Å². The molecule has 0 spiro atoms. The number of H-pyrrole nitrogens is 1. The molecule has 0 unspecified atom stereocenters. The van der Waals surface area contributed by atoms with Gasteiger partial charge in [-0.3, -0.25) is 9.59 Å². The second-order valence-electron chi connectivity index (χ2n) is 7.77. The molecule has 7 heteroatoms. The van der Waals surface area contributed by atoms with E-state index >= 15 is 0 Å². The maximum Gasteiger partial charge on any atom is 0.257 e. The maximum absolute atomic E-state index is 13.3. The first-order valence-electron chi connectivity index (χ1n) is 9.53. The molecule has 0 saturated heterocycles. The second-order valence-corrected chi connectivity index (χ2v) is 7.77. The zero-order valence-corrected chi connectivity index (χ0v) is 16.5. The zero-order valence-electron chi connectivity index (χ0n) is 16.5. The van der Waals surface area contributed by atoms with Crippen LogP contribution in [-0.2, 0) is 10.2 Å². The average Bonchev–Trinajstić information content (AvgIpc) is 3.09. The Bertz CT molecular complexity index is 1130. The molecule has 7 nitrogen and oxygen atoms in total. The Morgan fingerprint density at radius 1 is 1.21 bits per heavy atom. The van der Waals surface area contributed by atoms with Crippen LogP contribution in [0, 0.1) is 0 Å². The number of carbonyl (C=O) groups excluding carboxylic acids is 2. The third-order valence-electron chi connectivity index (χ3n) is 5.42. The standard InChI is InChI=1S/C22H24N4O3/c1-22(2)16-10-13(29-11-18(27)25-8-7-23)4-6-14(16)20(28)19-15-5-3-12(24)9-17(15)26-21(19)22/h3-6,9-10,26H,7-8,11,23-24H2,1-2H3,(H,25,27). The number of ketones is 1. The van der Waals surface area contributed by atoms with Crippen molar-refractivity contribution < 1.29 is 14.3 Å². The third-order valence-corrected chi connectivity index (χ3v) is 5.42. The summed E-state index contributed by atoms with van der Waals surface area (Å²) in [6, 6.07) is 10.9. The molecule has 0 aliphatic heterocycles. The maximum atomic E-state index is 13.3. The summed E-state index contributed by atoms with van der Waals surface area (Å²) in [5.41, 5.74) is 15.4. The van der Waals surface area contributed by atoms with Crippen LogP contribution in [0.25, 0.3) is 10.9 Å². The number of nitrogen functional groups attached to an aromatic ring is 1. The van der Waals surface area contributed by atoms with Gasteiger partial charge in [0, 0.05) is 46.4 Å². The van der Waals surface area contributed by atoms with Crippen LogP contribution in [0.2, 0.25) is 0 Å². The third kappa shape index (κ3) is 3.13. The second kappa shape index (κ2) is 6.93. The summed E-state index contributed by atoms with van der Waals surface area (Å²) >= 11 is 0. The van der Waals surface area contributed by atoms with Gasteiger partial charge in [0.25, 0.3) is 5.91 Å². The quantitative estimate of drug-likeness (QED) is 0.495. The number of ether oxygens (including phenoxy) is 1. The molecule has 0 saturated carbocycles. The molecule has 0 radical (unpaired) electrons. The van der Waals surface area contributed by atoms with E-state index in [-0.39, 0.29) is 18.3 Å². The van der Waals surface area contributed by atoms with Gasteiger partial charge in [-0.1, -0.05) is 19.9 Å². The number of aromatic nitrogens is 1. The lowest BCUT2D eigenvalue weighted by molar-refractivity contribution is -0.123. The van der Waals surface area contributed by atoms with Gasteiger partial charge in [-0.15, -0.1) is 0 Å². The molecule has 1 aromatic heterocycles. The lowest BCUT2D eigenvalue weighted by Crippen LogP contribution is -2.33. The van der Waals surface area contributed by atoms with Crippen molar-refractivity contribution in [2.24, 2.45) is 5.73 Å². The predicted molar refractivity (Wildman–Crippen MR) is 112 cm³/mol. The Morgan fingerprint density at radius 2 is 2.00 bits per heavy atom. The van der Waals surface area contributed by atoms with Crippen LogP contribution in [0.3, 0.4) is 0 Å². The van der Waals surface area contributed by atoms with Gasteiger partial charge in [-0.05, 0) is 35.9 Å². The number of anilines is 1. The molecule has 0 fully saturated rings. The Hall–Kier alpha value is -3.32. The van der Waals surface area contributed by atoms with Crippen molar-refractivity contribution in [1.82, 2.24) is 10.3 Å². The predicted octanol–water partition coefficient (Wildman–Crippen LogP) is 2.07. The SMILES string of the molecule is CC1(C)c2cc(OCC(=O)NCCN)ccc2C(=O)c2c1[nH]c1cc(N)ccc21. The van der Waals surface area contributed by atoms with E-state index in [2.05, 4.69) is 24.1 Å². The molecule has 1 aliphatic rings. The first kappa shape index (κ1) is 19.0. The van der Waals surface area contributed by atoms with Gasteiger partial charge >= 0.3 is 0 Å². The smallest absolute Gasteiger partial charge is 0.257 e. The van der Waals surface area contributed by atoms with Crippen molar-refractivity contribution in [3.05, 3.63) is 58.8 Å². The summed E-state index contributed by atoms with van der Waals surface area (Å²) in [4.78, 5) is 28.5. The highest BCUT2D eigenvalue weighted by atomic mass is 16.5. The highest BCUT2D eigenvalue weighted by Gasteiger charge is 2.39. The summed E-state index contributed by atoms with van der Waals surface area (Å²) in [7, 11) is 0. The first-order chi connectivity index (χ1) is 13.8. The number of benzene rings is 2.